The third-order valence-electron chi connectivity index (χ3n) is 8.89. The molecule has 4 aliphatic rings. The average Bonchev–Trinajstić information content (AvgIpc) is 3.00. The van der Waals surface area contributed by atoms with Crippen molar-refractivity contribution in [2.75, 3.05) is 0 Å². The van der Waals surface area contributed by atoms with Gasteiger partial charge in [-0.2, -0.15) is 0 Å². The maximum atomic E-state index is 4.40. The van der Waals surface area contributed by atoms with Gasteiger partial charge in [-0.05, 0) is 96.7 Å². The van der Waals surface area contributed by atoms with E-state index in [1.54, 1.807) is 5.57 Å². The molecule has 0 radical (unpaired) electrons. The van der Waals surface area contributed by atoms with Gasteiger partial charge < -0.3 is 0 Å². The molecule has 5 rings (SSSR count). The van der Waals surface area contributed by atoms with Crippen LogP contribution in [0.25, 0.3) is 5.57 Å². The number of pyridine rings is 1. The first kappa shape index (κ1) is 16.8. The molecule has 0 aromatic carbocycles. The van der Waals surface area contributed by atoms with Crippen LogP contribution in [0.1, 0.15) is 71.3 Å². The number of allylic oxidation sites excluding steroid dienone is 4. The number of fused-ring (bicyclic) bond motifs is 5. The van der Waals surface area contributed by atoms with Crippen LogP contribution in [0.5, 0.6) is 0 Å². The fraction of sp³-hybridized carbons (Fsp3) is 0.640. The molecule has 6 atom stereocenters. The summed E-state index contributed by atoms with van der Waals surface area (Å²) in [6, 6.07) is 4.37. The van der Waals surface area contributed by atoms with Gasteiger partial charge in [-0.1, -0.05) is 44.6 Å². The molecule has 0 amide bonds. The molecule has 0 N–H and O–H groups in total. The normalized spacial score (nSPS) is 44.4. The Labute approximate surface area is 159 Å². The Bertz CT molecular complexity index is 760. The molecule has 2 fully saturated rings. The van der Waals surface area contributed by atoms with Gasteiger partial charge in [-0.3, -0.25) is 4.98 Å². The van der Waals surface area contributed by atoms with Crippen LogP contribution in [0, 0.1) is 34.5 Å². The summed E-state index contributed by atoms with van der Waals surface area (Å²) in [6.45, 7) is 7.60. The minimum atomic E-state index is 0.365. The van der Waals surface area contributed by atoms with Gasteiger partial charge >= 0.3 is 0 Å². The summed E-state index contributed by atoms with van der Waals surface area (Å²) in [5, 5.41) is 0. The van der Waals surface area contributed by atoms with Crippen LogP contribution in [0.4, 0.5) is 0 Å². The molecular weight excluding hydrogens is 314 g/mol. The van der Waals surface area contributed by atoms with Crippen molar-refractivity contribution >= 4 is 5.57 Å². The first-order valence-corrected chi connectivity index (χ1v) is 10.8. The number of nitrogens with zero attached hydrogens (tertiary/aromatic N) is 1. The third kappa shape index (κ3) is 2.25. The Hall–Kier alpha value is -1.37. The summed E-state index contributed by atoms with van der Waals surface area (Å²) in [5.74, 6) is 3.47. The van der Waals surface area contributed by atoms with Crippen molar-refractivity contribution in [2.45, 2.75) is 65.7 Å². The Morgan fingerprint density at radius 3 is 2.69 bits per heavy atom. The molecule has 1 aromatic heterocycles. The highest BCUT2D eigenvalue weighted by Crippen LogP contribution is 2.66. The predicted molar refractivity (Wildman–Crippen MR) is 108 cm³/mol. The van der Waals surface area contributed by atoms with E-state index in [2.05, 4.69) is 56.2 Å². The maximum absolute atomic E-state index is 4.40. The van der Waals surface area contributed by atoms with E-state index in [1.807, 2.05) is 11.8 Å². The first-order valence-electron chi connectivity index (χ1n) is 10.8. The fourth-order valence-corrected chi connectivity index (χ4v) is 7.44. The quantitative estimate of drug-likeness (QED) is 0.517. The lowest BCUT2D eigenvalue weighted by Crippen LogP contribution is -2.49. The highest BCUT2D eigenvalue weighted by atomic mass is 14.6. The van der Waals surface area contributed by atoms with Crippen LogP contribution < -0.4 is 0 Å². The van der Waals surface area contributed by atoms with Gasteiger partial charge in [0.05, 0.1) is 0 Å². The topological polar surface area (TPSA) is 12.9 Å². The Kier molecular flexibility index (Phi) is 3.75. The number of hydrogen-bond acceptors (Lipinski definition) is 1. The van der Waals surface area contributed by atoms with Crippen LogP contribution in [0.15, 0.2) is 42.3 Å². The smallest absolute Gasteiger partial charge is 0.0343 e. The van der Waals surface area contributed by atoms with Crippen molar-refractivity contribution in [1.29, 1.82) is 0 Å². The molecule has 0 saturated heterocycles. The van der Waals surface area contributed by atoms with Crippen molar-refractivity contribution in [3.8, 4) is 0 Å². The first-order chi connectivity index (χ1) is 12.5. The molecule has 1 unspecified atom stereocenters. The monoisotopic (exact) mass is 347 g/mol. The van der Waals surface area contributed by atoms with E-state index in [1.165, 1.54) is 50.5 Å². The minimum Gasteiger partial charge on any atom is -0.264 e. The second kappa shape index (κ2) is 5.81. The zero-order chi connectivity index (χ0) is 17.9. The third-order valence-corrected chi connectivity index (χ3v) is 8.89. The van der Waals surface area contributed by atoms with Crippen LogP contribution in [-0.4, -0.2) is 4.98 Å². The van der Waals surface area contributed by atoms with E-state index in [0.717, 1.165) is 23.7 Å². The number of aromatic nitrogens is 1. The van der Waals surface area contributed by atoms with Gasteiger partial charge in [0.1, 0.15) is 0 Å². The molecule has 1 heteroatoms. The Morgan fingerprint density at radius 1 is 1.04 bits per heavy atom. The number of rotatable bonds is 1. The van der Waals surface area contributed by atoms with E-state index >= 15 is 0 Å². The van der Waals surface area contributed by atoms with Crippen LogP contribution >= 0.6 is 0 Å². The molecule has 1 heterocycles. The van der Waals surface area contributed by atoms with E-state index in [-0.39, 0.29) is 0 Å². The molecule has 1 aromatic rings. The van der Waals surface area contributed by atoms with Crippen molar-refractivity contribution in [2.24, 2.45) is 34.5 Å². The molecule has 4 aliphatic carbocycles. The van der Waals surface area contributed by atoms with Gasteiger partial charge in [0, 0.05) is 12.4 Å². The van der Waals surface area contributed by atoms with E-state index in [0.29, 0.717) is 10.8 Å². The van der Waals surface area contributed by atoms with E-state index < -0.39 is 0 Å². The van der Waals surface area contributed by atoms with Gasteiger partial charge in [0.15, 0.2) is 0 Å². The van der Waals surface area contributed by atoms with E-state index in [4.69, 9.17) is 0 Å². The summed E-state index contributed by atoms with van der Waals surface area (Å²) in [6.07, 6.45) is 18.9. The summed E-state index contributed by atoms with van der Waals surface area (Å²) in [5.41, 5.74) is 5.64. The van der Waals surface area contributed by atoms with Crippen LogP contribution in [0.2, 0.25) is 0 Å². The molecule has 1 nitrogen and oxygen atoms in total. The average molecular weight is 348 g/mol. The lowest BCUT2D eigenvalue weighted by molar-refractivity contribution is -0.0238. The molecule has 0 spiro atoms. The summed E-state index contributed by atoms with van der Waals surface area (Å²) in [4.78, 5) is 4.40. The van der Waals surface area contributed by atoms with Gasteiger partial charge in [0.25, 0.3) is 0 Å². The van der Waals surface area contributed by atoms with Gasteiger partial charge in [-0.25, -0.2) is 0 Å². The highest BCUT2D eigenvalue weighted by Gasteiger charge is 2.56. The summed E-state index contributed by atoms with van der Waals surface area (Å²) in [7, 11) is 0. The molecule has 0 bridgehead atoms. The van der Waals surface area contributed by atoms with Crippen molar-refractivity contribution in [3.63, 3.8) is 0 Å². The number of hydrogen-bond donors (Lipinski definition) is 0. The minimum absolute atomic E-state index is 0.365. The lowest BCUT2D eigenvalue weighted by atomic mass is 9.46. The fourth-order valence-electron chi connectivity index (χ4n) is 7.44. The molecule has 0 aliphatic heterocycles. The second-order valence-electron chi connectivity index (χ2n) is 10.1. The van der Waals surface area contributed by atoms with Crippen LogP contribution in [0.3, 0.4) is 0 Å². The summed E-state index contributed by atoms with van der Waals surface area (Å²) < 4.78 is 0. The molecule has 2 saturated carbocycles. The van der Waals surface area contributed by atoms with Crippen molar-refractivity contribution in [3.05, 3.63) is 47.8 Å². The lowest BCUT2D eigenvalue weighted by Gasteiger charge is -2.58. The Balaban J connectivity index is 1.47. The summed E-state index contributed by atoms with van der Waals surface area (Å²) >= 11 is 0. The van der Waals surface area contributed by atoms with Gasteiger partial charge in [-0.15, -0.1) is 0 Å². The largest absolute Gasteiger partial charge is 0.264 e. The molecule has 26 heavy (non-hydrogen) atoms. The standard InChI is InChI=1S/C25H33N/c1-17-10-12-24(2)19(15-17)6-7-20-22-9-8-21(18-5-4-14-26-16-18)25(22,3)13-11-23(20)24/h4-5,8,14-17,20,22-23H,6-7,9-13H2,1-3H3/t17?,20-,22+,23+,24+,25-/m1/s1. The molecular formula is C25H33N. The maximum Gasteiger partial charge on any atom is 0.0343 e. The SMILES string of the molecule is CC1C=C2CC[C@H]3[C@H](CC[C@]4(C)C(c5cccnc5)=CC[C@@H]34)[C@@]2(C)CC1. The van der Waals surface area contributed by atoms with E-state index in [9.17, 15) is 0 Å². The second-order valence-corrected chi connectivity index (χ2v) is 10.1. The van der Waals surface area contributed by atoms with Crippen molar-refractivity contribution < 1.29 is 0 Å². The predicted octanol–water partition coefficient (Wildman–Crippen LogP) is 6.67. The van der Waals surface area contributed by atoms with Gasteiger partial charge in [0.2, 0.25) is 0 Å². The Morgan fingerprint density at radius 2 is 1.88 bits per heavy atom. The van der Waals surface area contributed by atoms with Crippen molar-refractivity contribution in [1.82, 2.24) is 4.98 Å². The highest BCUT2D eigenvalue weighted by molar-refractivity contribution is 5.72. The molecule has 138 valence electrons. The van der Waals surface area contributed by atoms with Crippen LogP contribution in [-0.2, 0) is 0 Å². The zero-order valence-electron chi connectivity index (χ0n) is 16.7. The zero-order valence-corrected chi connectivity index (χ0v) is 16.7.